The second kappa shape index (κ2) is 7.94. The maximum Gasteiger partial charge on any atom is 0.241 e. The van der Waals surface area contributed by atoms with Gasteiger partial charge in [0.1, 0.15) is 17.6 Å². The van der Waals surface area contributed by atoms with Gasteiger partial charge in [-0.2, -0.15) is 0 Å². The van der Waals surface area contributed by atoms with E-state index >= 15 is 0 Å². The van der Waals surface area contributed by atoms with E-state index in [1.54, 1.807) is 7.11 Å². The summed E-state index contributed by atoms with van der Waals surface area (Å²) in [7, 11) is 1.61. The van der Waals surface area contributed by atoms with Crippen molar-refractivity contribution in [1.82, 2.24) is 5.32 Å². The molecular formula is C21H20ClFN2O2. The van der Waals surface area contributed by atoms with E-state index in [9.17, 15) is 9.18 Å². The number of carbonyl (C=O) groups excluding carboxylic acids is 1. The van der Waals surface area contributed by atoms with Gasteiger partial charge >= 0.3 is 0 Å². The molecule has 0 aliphatic carbocycles. The highest BCUT2D eigenvalue weighted by molar-refractivity contribution is 6.30. The quantitative estimate of drug-likeness (QED) is 0.677. The molecule has 140 valence electrons. The predicted octanol–water partition coefficient (Wildman–Crippen LogP) is 4.52. The van der Waals surface area contributed by atoms with Crippen molar-refractivity contribution in [2.24, 2.45) is 5.73 Å². The molecule has 0 spiro atoms. The number of halogens is 2. The average Bonchev–Trinajstić information content (AvgIpc) is 2.68. The van der Waals surface area contributed by atoms with Gasteiger partial charge in [-0.25, -0.2) is 4.39 Å². The average molecular weight is 387 g/mol. The Bertz CT molecular complexity index is 993. The van der Waals surface area contributed by atoms with Crippen LogP contribution in [0, 0.1) is 5.82 Å². The Labute approximate surface area is 162 Å². The molecule has 0 bridgehead atoms. The maximum absolute atomic E-state index is 13.3. The number of hydrogen-bond acceptors (Lipinski definition) is 3. The number of methoxy groups -OCH3 is 1. The van der Waals surface area contributed by atoms with Gasteiger partial charge in [-0.05, 0) is 47.7 Å². The third-order valence-corrected chi connectivity index (χ3v) is 4.80. The van der Waals surface area contributed by atoms with Gasteiger partial charge in [0.25, 0.3) is 0 Å². The number of fused-ring (bicyclic) bond motifs is 1. The molecule has 1 amide bonds. The van der Waals surface area contributed by atoms with Crippen molar-refractivity contribution in [3.63, 3.8) is 0 Å². The second-order valence-electron chi connectivity index (χ2n) is 6.33. The number of ether oxygens (including phenoxy) is 1. The summed E-state index contributed by atoms with van der Waals surface area (Å²) in [5, 5.41) is 4.84. The van der Waals surface area contributed by atoms with Crippen molar-refractivity contribution < 1.29 is 13.9 Å². The largest absolute Gasteiger partial charge is 0.496 e. The molecule has 0 saturated heterocycles. The Morgan fingerprint density at radius 2 is 1.89 bits per heavy atom. The Hall–Kier alpha value is -2.63. The molecular weight excluding hydrogens is 367 g/mol. The van der Waals surface area contributed by atoms with Crippen LogP contribution in [0.4, 0.5) is 4.39 Å². The Morgan fingerprint density at radius 1 is 1.15 bits per heavy atom. The molecule has 4 nitrogen and oxygen atoms in total. The summed E-state index contributed by atoms with van der Waals surface area (Å²) in [4.78, 5) is 12.5. The maximum atomic E-state index is 13.3. The van der Waals surface area contributed by atoms with Crippen molar-refractivity contribution in [2.45, 2.75) is 19.0 Å². The van der Waals surface area contributed by atoms with E-state index in [4.69, 9.17) is 22.1 Å². The highest BCUT2D eigenvalue weighted by atomic mass is 35.5. The minimum absolute atomic E-state index is 0.0666. The van der Waals surface area contributed by atoms with Crippen LogP contribution in [0.25, 0.3) is 10.8 Å². The van der Waals surface area contributed by atoms with Gasteiger partial charge in [0, 0.05) is 5.39 Å². The molecule has 27 heavy (non-hydrogen) atoms. The van der Waals surface area contributed by atoms with E-state index in [0.29, 0.717) is 5.56 Å². The third kappa shape index (κ3) is 4.04. The molecule has 0 radical (unpaired) electrons. The van der Waals surface area contributed by atoms with Crippen LogP contribution in [0.15, 0.2) is 54.6 Å². The number of nitrogens with one attached hydrogen (secondary N) is 1. The Balaban J connectivity index is 1.81. The zero-order chi connectivity index (χ0) is 19.6. The van der Waals surface area contributed by atoms with Crippen LogP contribution in [0.2, 0.25) is 5.02 Å². The lowest BCUT2D eigenvalue weighted by Gasteiger charge is -2.19. The summed E-state index contributed by atoms with van der Waals surface area (Å²) < 4.78 is 18.8. The van der Waals surface area contributed by atoms with Crippen LogP contribution in [-0.2, 0) is 4.79 Å². The molecule has 0 aliphatic rings. The minimum Gasteiger partial charge on any atom is -0.496 e. The fraction of sp³-hybridized carbons (Fsp3) is 0.190. The van der Waals surface area contributed by atoms with Gasteiger partial charge in [-0.1, -0.05) is 41.9 Å². The molecule has 0 heterocycles. The summed E-state index contributed by atoms with van der Waals surface area (Å²) >= 11 is 5.78. The standard InChI is InChI=1S/C21H20ClFN2O2/c1-12(15-9-13-5-3-4-6-16(13)19(11-15)27-2)25-21(26)20(24)14-7-8-18(23)17(22)10-14/h3-12,20H,24H2,1-2H3,(H,25,26). The normalized spacial score (nSPS) is 13.2. The molecule has 0 aromatic heterocycles. The van der Waals surface area contributed by atoms with Crippen LogP contribution in [-0.4, -0.2) is 13.0 Å². The number of nitrogens with two attached hydrogens (primary N) is 1. The van der Waals surface area contributed by atoms with Crippen molar-refractivity contribution in [1.29, 1.82) is 0 Å². The summed E-state index contributed by atoms with van der Waals surface area (Å²) in [6.45, 7) is 1.87. The monoisotopic (exact) mass is 386 g/mol. The summed E-state index contributed by atoms with van der Waals surface area (Å²) in [5.41, 5.74) is 7.35. The molecule has 2 atom stereocenters. The molecule has 0 fully saturated rings. The first kappa shape index (κ1) is 19.1. The smallest absolute Gasteiger partial charge is 0.241 e. The molecule has 3 rings (SSSR count). The third-order valence-electron chi connectivity index (χ3n) is 4.51. The van der Waals surface area contributed by atoms with Crippen LogP contribution in [0.5, 0.6) is 5.75 Å². The van der Waals surface area contributed by atoms with Crippen molar-refractivity contribution in [3.05, 3.63) is 76.6 Å². The van der Waals surface area contributed by atoms with E-state index in [1.807, 2.05) is 43.3 Å². The summed E-state index contributed by atoms with van der Waals surface area (Å²) in [5.74, 6) is -0.194. The highest BCUT2D eigenvalue weighted by Gasteiger charge is 2.20. The highest BCUT2D eigenvalue weighted by Crippen LogP contribution is 2.30. The molecule has 2 unspecified atom stereocenters. The van der Waals surface area contributed by atoms with Gasteiger partial charge < -0.3 is 15.8 Å². The zero-order valence-corrected chi connectivity index (χ0v) is 15.8. The van der Waals surface area contributed by atoms with Gasteiger partial charge in [0.15, 0.2) is 0 Å². The van der Waals surface area contributed by atoms with Crippen LogP contribution in [0.3, 0.4) is 0 Å². The van der Waals surface area contributed by atoms with Crippen molar-refractivity contribution >= 4 is 28.3 Å². The van der Waals surface area contributed by atoms with Crippen LogP contribution >= 0.6 is 11.6 Å². The SMILES string of the molecule is COc1cc(C(C)NC(=O)C(N)c2ccc(F)c(Cl)c2)cc2ccccc12. The van der Waals surface area contributed by atoms with Gasteiger partial charge in [0.05, 0.1) is 18.2 Å². The first-order chi connectivity index (χ1) is 12.9. The van der Waals surface area contributed by atoms with Gasteiger partial charge in [0.2, 0.25) is 5.91 Å². The van der Waals surface area contributed by atoms with E-state index < -0.39 is 11.9 Å². The van der Waals surface area contributed by atoms with E-state index in [1.165, 1.54) is 18.2 Å². The van der Waals surface area contributed by atoms with Gasteiger partial charge in [-0.3, -0.25) is 4.79 Å². The van der Waals surface area contributed by atoms with Crippen molar-refractivity contribution in [3.8, 4) is 5.75 Å². The Kier molecular flexibility index (Phi) is 5.63. The lowest BCUT2D eigenvalue weighted by molar-refractivity contribution is -0.123. The lowest BCUT2D eigenvalue weighted by Crippen LogP contribution is -2.35. The van der Waals surface area contributed by atoms with Gasteiger partial charge in [-0.15, -0.1) is 0 Å². The first-order valence-corrected chi connectivity index (χ1v) is 8.86. The fourth-order valence-corrected chi connectivity index (χ4v) is 3.15. The van der Waals surface area contributed by atoms with E-state index in [-0.39, 0.29) is 17.0 Å². The summed E-state index contributed by atoms with van der Waals surface area (Å²) in [6.07, 6.45) is 0. The van der Waals surface area contributed by atoms with Crippen molar-refractivity contribution in [2.75, 3.05) is 7.11 Å². The minimum atomic E-state index is -0.951. The predicted molar refractivity (Wildman–Crippen MR) is 105 cm³/mol. The number of rotatable bonds is 5. The number of hydrogen-bond donors (Lipinski definition) is 2. The molecule has 6 heteroatoms. The van der Waals surface area contributed by atoms with Crippen LogP contribution in [0.1, 0.15) is 30.1 Å². The molecule has 0 saturated carbocycles. The number of amides is 1. The number of benzene rings is 3. The van der Waals surface area contributed by atoms with Crippen LogP contribution < -0.4 is 15.8 Å². The van der Waals surface area contributed by atoms with E-state index in [0.717, 1.165) is 22.1 Å². The fourth-order valence-electron chi connectivity index (χ4n) is 2.96. The Morgan fingerprint density at radius 3 is 2.59 bits per heavy atom. The summed E-state index contributed by atoms with van der Waals surface area (Å²) in [6, 6.07) is 14.5. The molecule has 3 aromatic carbocycles. The topological polar surface area (TPSA) is 64.3 Å². The first-order valence-electron chi connectivity index (χ1n) is 8.48. The molecule has 3 N–H and O–H groups in total. The number of carbonyl (C=O) groups is 1. The zero-order valence-electron chi connectivity index (χ0n) is 15.0. The lowest BCUT2D eigenvalue weighted by atomic mass is 10.0. The van der Waals surface area contributed by atoms with E-state index in [2.05, 4.69) is 5.32 Å². The molecule has 3 aromatic rings. The molecule has 0 aliphatic heterocycles. The second-order valence-corrected chi connectivity index (χ2v) is 6.73.